The van der Waals surface area contributed by atoms with Crippen LogP contribution in [0.4, 0.5) is 0 Å². The van der Waals surface area contributed by atoms with Gasteiger partial charge in [-0.3, -0.25) is 0 Å². The number of nitrogens with one attached hydrogen (secondary N) is 1. The normalized spacial score (nSPS) is 10.8. The van der Waals surface area contributed by atoms with Crippen LogP contribution in [-0.2, 0) is 6.61 Å². The average Bonchev–Trinajstić information content (AvgIpc) is 2.59. The first-order valence-corrected chi connectivity index (χ1v) is 5.84. The number of aliphatic hydroxyl groups is 1. The summed E-state index contributed by atoms with van der Waals surface area (Å²) in [6.45, 7) is 4.07. The minimum Gasteiger partial charge on any atom is -0.390 e. The van der Waals surface area contributed by atoms with Gasteiger partial charge in [0.1, 0.15) is 10.4 Å². The van der Waals surface area contributed by atoms with Crippen molar-refractivity contribution in [2.24, 2.45) is 0 Å². The van der Waals surface area contributed by atoms with Crippen molar-refractivity contribution in [3.63, 3.8) is 0 Å². The zero-order valence-corrected chi connectivity index (χ0v) is 10.8. The summed E-state index contributed by atoms with van der Waals surface area (Å²) in [6.07, 6.45) is 0. The average molecular weight is 281 g/mol. The van der Waals surface area contributed by atoms with Crippen molar-refractivity contribution < 1.29 is 5.11 Å². The molecule has 0 bridgehead atoms. The Morgan fingerprint density at radius 2 is 2.12 bits per heavy atom. The third kappa shape index (κ3) is 2.03. The molecular formula is C12H13BrN2O. The van der Waals surface area contributed by atoms with Crippen LogP contribution in [0.2, 0.25) is 0 Å². The van der Waals surface area contributed by atoms with E-state index in [1.807, 2.05) is 6.07 Å². The van der Waals surface area contributed by atoms with Crippen molar-refractivity contribution in [2.75, 3.05) is 0 Å². The first kappa shape index (κ1) is 11.4. The summed E-state index contributed by atoms with van der Waals surface area (Å²) in [6, 6.07) is 6.21. The molecule has 16 heavy (non-hydrogen) atoms. The van der Waals surface area contributed by atoms with E-state index in [-0.39, 0.29) is 6.61 Å². The molecule has 4 heteroatoms. The topological polar surface area (TPSA) is 48.9 Å². The number of imidazole rings is 1. The first-order chi connectivity index (χ1) is 7.61. The Kier molecular flexibility index (Phi) is 3.12. The maximum Gasteiger partial charge on any atom is 0.139 e. The molecule has 2 rings (SSSR count). The lowest BCUT2D eigenvalue weighted by atomic mass is 10.1. The molecule has 1 aromatic heterocycles. The van der Waals surface area contributed by atoms with E-state index in [0.29, 0.717) is 10.3 Å². The first-order valence-electron chi connectivity index (χ1n) is 5.04. The van der Waals surface area contributed by atoms with E-state index in [1.165, 1.54) is 11.1 Å². The Morgan fingerprint density at radius 1 is 1.38 bits per heavy atom. The number of nitrogens with zero attached hydrogens (tertiary/aromatic N) is 1. The molecule has 0 radical (unpaired) electrons. The van der Waals surface area contributed by atoms with Gasteiger partial charge >= 0.3 is 0 Å². The Morgan fingerprint density at radius 3 is 2.69 bits per heavy atom. The highest BCUT2D eigenvalue weighted by atomic mass is 79.9. The Labute approximate surface area is 103 Å². The van der Waals surface area contributed by atoms with Crippen molar-refractivity contribution in [3.05, 3.63) is 39.6 Å². The van der Waals surface area contributed by atoms with E-state index in [9.17, 15) is 0 Å². The van der Waals surface area contributed by atoms with Crippen LogP contribution in [0.25, 0.3) is 11.4 Å². The Bertz CT molecular complexity index is 520. The number of aromatic nitrogens is 2. The SMILES string of the molecule is Cc1ccc(-c2nc(Br)c(CO)[nH]2)c(C)c1. The highest BCUT2D eigenvalue weighted by molar-refractivity contribution is 9.10. The summed E-state index contributed by atoms with van der Waals surface area (Å²) in [5.41, 5.74) is 4.17. The molecule has 0 amide bonds. The van der Waals surface area contributed by atoms with Crippen LogP contribution in [-0.4, -0.2) is 15.1 Å². The van der Waals surface area contributed by atoms with Gasteiger partial charge in [-0.25, -0.2) is 4.98 Å². The molecule has 3 nitrogen and oxygen atoms in total. The van der Waals surface area contributed by atoms with Crippen LogP contribution >= 0.6 is 15.9 Å². The van der Waals surface area contributed by atoms with Gasteiger partial charge in [0.25, 0.3) is 0 Å². The van der Waals surface area contributed by atoms with Gasteiger partial charge in [-0.15, -0.1) is 0 Å². The fourth-order valence-electron chi connectivity index (χ4n) is 1.70. The molecule has 84 valence electrons. The van der Waals surface area contributed by atoms with Gasteiger partial charge < -0.3 is 10.1 Å². The molecule has 2 N–H and O–H groups in total. The molecule has 0 spiro atoms. The minimum absolute atomic E-state index is 0.0432. The summed E-state index contributed by atoms with van der Waals surface area (Å²) in [5, 5.41) is 9.09. The molecule has 0 atom stereocenters. The van der Waals surface area contributed by atoms with Crippen molar-refractivity contribution in [3.8, 4) is 11.4 Å². The van der Waals surface area contributed by atoms with Crippen molar-refractivity contribution >= 4 is 15.9 Å². The van der Waals surface area contributed by atoms with E-state index in [0.717, 1.165) is 11.4 Å². The van der Waals surface area contributed by atoms with Gasteiger partial charge in [-0.2, -0.15) is 0 Å². The standard InChI is InChI=1S/C12H13BrN2O/c1-7-3-4-9(8(2)5-7)12-14-10(6-16)11(13)15-12/h3-5,16H,6H2,1-2H3,(H,14,15). The molecule has 1 aromatic carbocycles. The van der Waals surface area contributed by atoms with E-state index in [4.69, 9.17) is 5.11 Å². The zero-order chi connectivity index (χ0) is 11.7. The second-order valence-electron chi connectivity index (χ2n) is 3.83. The Hall–Kier alpha value is -1.13. The largest absolute Gasteiger partial charge is 0.390 e. The monoisotopic (exact) mass is 280 g/mol. The number of benzene rings is 1. The summed E-state index contributed by atoms with van der Waals surface area (Å²) in [5.74, 6) is 0.786. The molecule has 0 aliphatic carbocycles. The van der Waals surface area contributed by atoms with Crippen LogP contribution < -0.4 is 0 Å². The summed E-state index contributed by atoms with van der Waals surface area (Å²) in [4.78, 5) is 7.44. The predicted octanol–water partition coefficient (Wildman–Crippen LogP) is 2.95. The molecular weight excluding hydrogens is 268 g/mol. The maximum absolute atomic E-state index is 9.09. The van der Waals surface area contributed by atoms with Gasteiger partial charge in [0.2, 0.25) is 0 Å². The fourth-order valence-corrected chi connectivity index (χ4v) is 2.10. The van der Waals surface area contributed by atoms with E-state index in [1.54, 1.807) is 0 Å². The van der Waals surface area contributed by atoms with Crippen LogP contribution in [0.3, 0.4) is 0 Å². The Balaban J connectivity index is 2.50. The molecule has 0 fully saturated rings. The highest BCUT2D eigenvalue weighted by Gasteiger charge is 2.10. The van der Waals surface area contributed by atoms with Gasteiger partial charge in [0.15, 0.2) is 0 Å². The number of hydrogen-bond donors (Lipinski definition) is 2. The van der Waals surface area contributed by atoms with E-state index < -0.39 is 0 Å². The number of aromatic amines is 1. The summed E-state index contributed by atoms with van der Waals surface area (Å²) in [7, 11) is 0. The summed E-state index contributed by atoms with van der Waals surface area (Å²) < 4.78 is 0.671. The third-order valence-electron chi connectivity index (χ3n) is 2.52. The molecule has 0 saturated heterocycles. The van der Waals surface area contributed by atoms with E-state index in [2.05, 4.69) is 51.9 Å². The minimum atomic E-state index is -0.0432. The molecule has 0 aliphatic heterocycles. The lowest BCUT2D eigenvalue weighted by Crippen LogP contribution is -1.87. The number of halogens is 1. The molecule has 0 unspecified atom stereocenters. The predicted molar refractivity (Wildman–Crippen MR) is 67.1 cm³/mol. The third-order valence-corrected chi connectivity index (χ3v) is 3.18. The lowest BCUT2D eigenvalue weighted by Gasteiger charge is -2.03. The van der Waals surface area contributed by atoms with E-state index >= 15 is 0 Å². The van der Waals surface area contributed by atoms with Gasteiger partial charge in [0, 0.05) is 5.56 Å². The van der Waals surface area contributed by atoms with Crippen molar-refractivity contribution in [1.29, 1.82) is 0 Å². The molecule has 0 saturated carbocycles. The van der Waals surface area contributed by atoms with Gasteiger partial charge in [-0.05, 0) is 35.3 Å². The van der Waals surface area contributed by atoms with Crippen LogP contribution in [0.5, 0.6) is 0 Å². The second-order valence-corrected chi connectivity index (χ2v) is 4.58. The number of rotatable bonds is 2. The summed E-state index contributed by atoms with van der Waals surface area (Å²) >= 11 is 3.31. The number of H-pyrrole nitrogens is 1. The van der Waals surface area contributed by atoms with Crippen molar-refractivity contribution in [1.82, 2.24) is 9.97 Å². The number of aliphatic hydroxyl groups excluding tert-OH is 1. The smallest absolute Gasteiger partial charge is 0.139 e. The maximum atomic E-state index is 9.09. The molecule has 0 aliphatic rings. The van der Waals surface area contributed by atoms with Crippen LogP contribution in [0.1, 0.15) is 16.8 Å². The van der Waals surface area contributed by atoms with Crippen LogP contribution in [0, 0.1) is 13.8 Å². The van der Waals surface area contributed by atoms with Gasteiger partial charge in [-0.1, -0.05) is 23.8 Å². The fraction of sp³-hybridized carbons (Fsp3) is 0.250. The number of hydrogen-bond acceptors (Lipinski definition) is 2. The van der Waals surface area contributed by atoms with Crippen LogP contribution in [0.15, 0.2) is 22.8 Å². The second kappa shape index (κ2) is 4.39. The highest BCUT2D eigenvalue weighted by Crippen LogP contribution is 2.25. The van der Waals surface area contributed by atoms with Crippen molar-refractivity contribution in [2.45, 2.75) is 20.5 Å². The molecule has 1 heterocycles. The number of aryl methyl sites for hydroxylation is 2. The quantitative estimate of drug-likeness (QED) is 0.889. The lowest BCUT2D eigenvalue weighted by molar-refractivity contribution is 0.276. The van der Waals surface area contributed by atoms with Gasteiger partial charge in [0.05, 0.1) is 12.3 Å². The zero-order valence-electron chi connectivity index (χ0n) is 9.21. The molecule has 2 aromatic rings.